The number of hydrogen-bond donors (Lipinski definition) is 0. The molecule has 0 aliphatic carbocycles. The first kappa shape index (κ1) is 13.5. The molecule has 1 amide bonds. The van der Waals surface area contributed by atoms with Crippen molar-refractivity contribution in [3.63, 3.8) is 0 Å². The topological polar surface area (TPSA) is 32.8 Å². The molecule has 2 rings (SSSR count). The van der Waals surface area contributed by atoms with E-state index in [1.165, 1.54) is 11.3 Å². The molecule has 1 saturated heterocycles. The van der Waals surface area contributed by atoms with Crippen LogP contribution in [0.1, 0.15) is 16.6 Å². The Hall–Kier alpha value is -0.910. The summed E-state index contributed by atoms with van der Waals surface area (Å²) in [5.41, 5.74) is 0. The first-order valence-corrected chi connectivity index (χ1v) is 7.32. The molecule has 100 valence electrons. The maximum absolute atomic E-state index is 12.1. The van der Waals surface area contributed by atoms with E-state index in [1.807, 2.05) is 29.3 Å². The van der Waals surface area contributed by atoms with E-state index >= 15 is 0 Å². The molecule has 1 aliphatic heterocycles. The van der Waals surface area contributed by atoms with Gasteiger partial charge in [-0.25, -0.2) is 0 Å². The standard InChI is InChI=1S/C13H20N2O2S/c1-2-17-10-9-14-5-7-15(8-6-14)13(16)12-4-3-11-18-12/h3-4,11H,2,5-10H2,1H3. The number of thiophene rings is 1. The molecule has 0 saturated carbocycles. The van der Waals surface area contributed by atoms with E-state index < -0.39 is 0 Å². The second kappa shape index (κ2) is 6.87. The highest BCUT2D eigenvalue weighted by atomic mass is 32.1. The highest BCUT2D eigenvalue weighted by Crippen LogP contribution is 2.13. The Kier molecular flexibility index (Phi) is 5.16. The van der Waals surface area contributed by atoms with Gasteiger partial charge in [0.05, 0.1) is 11.5 Å². The zero-order chi connectivity index (χ0) is 12.8. The van der Waals surface area contributed by atoms with Gasteiger partial charge in [0.1, 0.15) is 0 Å². The van der Waals surface area contributed by atoms with Crippen molar-refractivity contribution in [1.29, 1.82) is 0 Å². The lowest BCUT2D eigenvalue weighted by Gasteiger charge is -2.34. The minimum Gasteiger partial charge on any atom is -0.380 e. The Balaban J connectivity index is 1.75. The van der Waals surface area contributed by atoms with Crippen molar-refractivity contribution >= 4 is 17.2 Å². The highest BCUT2D eigenvalue weighted by molar-refractivity contribution is 7.12. The Bertz CT molecular complexity index is 359. The summed E-state index contributed by atoms with van der Waals surface area (Å²) < 4.78 is 5.35. The van der Waals surface area contributed by atoms with Crippen LogP contribution in [0.5, 0.6) is 0 Å². The molecule has 0 bridgehead atoms. The summed E-state index contributed by atoms with van der Waals surface area (Å²) in [4.78, 5) is 17.3. The van der Waals surface area contributed by atoms with E-state index in [-0.39, 0.29) is 5.91 Å². The van der Waals surface area contributed by atoms with Crippen LogP contribution in [0.3, 0.4) is 0 Å². The van der Waals surface area contributed by atoms with Gasteiger partial charge >= 0.3 is 0 Å². The van der Waals surface area contributed by atoms with Crippen molar-refractivity contribution in [2.45, 2.75) is 6.92 Å². The third kappa shape index (κ3) is 3.54. The molecule has 1 aliphatic rings. The van der Waals surface area contributed by atoms with Crippen LogP contribution < -0.4 is 0 Å². The molecule has 0 N–H and O–H groups in total. The number of piperazine rings is 1. The second-order valence-electron chi connectivity index (χ2n) is 4.31. The second-order valence-corrected chi connectivity index (χ2v) is 5.26. The molecule has 2 heterocycles. The molecule has 0 radical (unpaired) electrons. The molecule has 4 nitrogen and oxygen atoms in total. The van der Waals surface area contributed by atoms with Crippen LogP contribution in [0.4, 0.5) is 0 Å². The smallest absolute Gasteiger partial charge is 0.264 e. The third-order valence-corrected chi connectivity index (χ3v) is 4.01. The fourth-order valence-electron chi connectivity index (χ4n) is 2.07. The van der Waals surface area contributed by atoms with E-state index in [0.29, 0.717) is 0 Å². The SMILES string of the molecule is CCOCCN1CCN(C(=O)c2cccs2)CC1. The van der Waals surface area contributed by atoms with Gasteiger partial charge in [-0.3, -0.25) is 9.69 Å². The predicted octanol–water partition coefficient (Wildman–Crippen LogP) is 1.54. The molecule has 1 aromatic heterocycles. The lowest BCUT2D eigenvalue weighted by molar-refractivity contribution is 0.0569. The molecular formula is C13H20N2O2S. The van der Waals surface area contributed by atoms with Gasteiger partial charge in [-0.1, -0.05) is 6.07 Å². The van der Waals surface area contributed by atoms with Gasteiger partial charge in [-0.15, -0.1) is 11.3 Å². The third-order valence-electron chi connectivity index (χ3n) is 3.15. The van der Waals surface area contributed by atoms with Crippen molar-refractivity contribution < 1.29 is 9.53 Å². The van der Waals surface area contributed by atoms with Crippen LogP contribution in [0.25, 0.3) is 0 Å². The fourth-order valence-corrected chi connectivity index (χ4v) is 2.76. The molecule has 0 atom stereocenters. The molecule has 0 aromatic carbocycles. The highest BCUT2D eigenvalue weighted by Gasteiger charge is 2.22. The first-order chi connectivity index (χ1) is 8.81. The summed E-state index contributed by atoms with van der Waals surface area (Å²) in [5.74, 6) is 0.175. The Morgan fingerprint density at radius 3 is 2.78 bits per heavy atom. The van der Waals surface area contributed by atoms with Gasteiger partial charge < -0.3 is 9.64 Å². The monoisotopic (exact) mass is 268 g/mol. The van der Waals surface area contributed by atoms with Gasteiger partial charge in [0.2, 0.25) is 0 Å². The minimum atomic E-state index is 0.175. The maximum atomic E-state index is 12.1. The van der Waals surface area contributed by atoms with Crippen molar-refractivity contribution in [2.24, 2.45) is 0 Å². The number of carbonyl (C=O) groups is 1. The molecule has 0 unspecified atom stereocenters. The maximum Gasteiger partial charge on any atom is 0.264 e. The van der Waals surface area contributed by atoms with Gasteiger partial charge in [0, 0.05) is 39.3 Å². The molecular weight excluding hydrogens is 248 g/mol. The van der Waals surface area contributed by atoms with Crippen LogP contribution in [0.2, 0.25) is 0 Å². The van der Waals surface area contributed by atoms with E-state index in [1.54, 1.807) is 0 Å². The molecule has 5 heteroatoms. The van der Waals surface area contributed by atoms with Crippen LogP contribution in [-0.2, 0) is 4.74 Å². The molecule has 1 aromatic rings. The van der Waals surface area contributed by atoms with Crippen molar-refractivity contribution in [3.05, 3.63) is 22.4 Å². The molecule has 18 heavy (non-hydrogen) atoms. The summed E-state index contributed by atoms with van der Waals surface area (Å²) in [6.07, 6.45) is 0. The number of rotatable bonds is 5. The van der Waals surface area contributed by atoms with Gasteiger partial charge in [0.25, 0.3) is 5.91 Å². The first-order valence-electron chi connectivity index (χ1n) is 6.44. The van der Waals surface area contributed by atoms with E-state index in [4.69, 9.17) is 4.74 Å². The van der Waals surface area contributed by atoms with Crippen LogP contribution in [0.15, 0.2) is 17.5 Å². The normalized spacial score (nSPS) is 17.1. The average Bonchev–Trinajstić information content (AvgIpc) is 2.93. The summed E-state index contributed by atoms with van der Waals surface area (Å²) in [7, 11) is 0. The van der Waals surface area contributed by atoms with Crippen LogP contribution in [0, 0.1) is 0 Å². The summed E-state index contributed by atoms with van der Waals surface area (Å²) in [5, 5.41) is 1.95. The van der Waals surface area contributed by atoms with E-state index in [0.717, 1.165) is 50.8 Å². The Morgan fingerprint density at radius 1 is 1.39 bits per heavy atom. The summed E-state index contributed by atoms with van der Waals surface area (Å²) >= 11 is 1.52. The zero-order valence-corrected chi connectivity index (χ0v) is 11.6. The molecule has 0 spiro atoms. The molecule has 1 fully saturated rings. The van der Waals surface area contributed by atoms with E-state index in [9.17, 15) is 4.79 Å². The van der Waals surface area contributed by atoms with Gasteiger partial charge in [0.15, 0.2) is 0 Å². The number of ether oxygens (including phenoxy) is 1. The lowest BCUT2D eigenvalue weighted by atomic mass is 10.3. The Labute approximate surface area is 112 Å². The van der Waals surface area contributed by atoms with Crippen molar-refractivity contribution in [1.82, 2.24) is 9.80 Å². The van der Waals surface area contributed by atoms with E-state index in [2.05, 4.69) is 4.90 Å². The fraction of sp³-hybridized carbons (Fsp3) is 0.615. The van der Waals surface area contributed by atoms with Crippen LogP contribution >= 0.6 is 11.3 Å². The van der Waals surface area contributed by atoms with Crippen LogP contribution in [-0.4, -0.2) is 61.6 Å². The number of hydrogen-bond acceptors (Lipinski definition) is 4. The average molecular weight is 268 g/mol. The minimum absolute atomic E-state index is 0.175. The quantitative estimate of drug-likeness (QED) is 0.760. The number of nitrogens with zero attached hydrogens (tertiary/aromatic N) is 2. The lowest BCUT2D eigenvalue weighted by Crippen LogP contribution is -2.49. The number of carbonyl (C=O) groups excluding carboxylic acids is 1. The predicted molar refractivity (Wildman–Crippen MR) is 73.2 cm³/mol. The van der Waals surface area contributed by atoms with Crippen molar-refractivity contribution in [2.75, 3.05) is 45.9 Å². The number of amides is 1. The largest absolute Gasteiger partial charge is 0.380 e. The van der Waals surface area contributed by atoms with Gasteiger partial charge in [-0.2, -0.15) is 0 Å². The zero-order valence-electron chi connectivity index (χ0n) is 10.8. The van der Waals surface area contributed by atoms with Crippen molar-refractivity contribution in [3.8, 4) is 0 Å². The summed E-state index contributed by atoms with van der Waals surface area (Å²) in [6.45, 7) is 8.08. The Morgan fingerprint density at radius 2 is 2.17 bits per heavy atom. The summed E-state index contributed by atoms with van der Waals surface area (Å²) in [6, 6.07) is 3.82. The van der Waals surface area contributed by atoms with Gasteiger partial charge in [-0.05, 0) is 18.4 Å².